The molecular weight excluding hydrogens is 392 g/mol. The van der Waals surface area contributed by atoms with Crippen molar-refractivity contribution in [2.45, 2.75) is 33.4 Å². The fourth-order valence-electron chi connectivity index (χ4n) is 1.66. The van der Waals surface area contributed by atoms with Crippen LogP contribution < -0.4 is 7.17 Å². The van der Waals surface area contributed by atoms with E-state index in [0.717, 1.165) is 12.5 Å². The first-order valence-electron chi connectivity index (χ1n) is 4.48. The van der Waals surface area contributed by atoms with Crippen LogP contribution in [0.3, 0.4) is 0 Å². The molecule has 13 heavy (non-hydrogen) atoms. The molecule has 5 heteroatoms. The molecule has 1 aliphatic heterocycles. The fourth-order valence-corrected chi connectivity index (χ4v) is 2.78. The van der Waals surface area contributed by atoms with E-state index in [0.29, 0.717) is 11.6 Å². The Hall–Kier alpha value is 1.34. The van der Waals surface area contributed by atoms with Crippen LogP contribution in [0.2, 0.25) is 0 Å². The second-order valence-electron chi connectivity index (χ2n) is 4.66. The van der Waals surface area contributed by atoms with Gasteiger partial charge in [-0.15, -0.1) is 0 Å². The molecule has 1 heterocycles. The highest BCUT2D eigenvalue weighted by atomic mass is 127. The van der Waals surface area contributed by atoms with Gasteiger partial charge in [0, 0.05) is 52.3 Å². The number of nitrogens with zero attached hydrogens (tertiary/aromatic N) is 1. The van der Waals surface area contributed by atoms with Crippen LogP contribution in [0, 0.1) is 11.3 Å². The van der Waals surface area contributed by atoms with E-state index in [-0.39, 0.29) is 0 Å². The van der Waals surface area contributed by atoms with Gasteiger partial charge in [0.05, 0.1) is 6.17 Å². The molecule has 0 amide bonds. The number of halogens is 2. The average molecular weight is 409 g/mol. The van der Waals surface area contributed by atoms with Gasteiger partial charge in [0.15, 0.2) is 0 Å². The van der Waals surface area contributed by atoms with Gasteiger partial charge in [-0.3, -0.25) is 0 Å². The zero-order valence-electron chi connectivity index (χ0n) is 8.27. The minimum atomic E-state index is 0.411. The molecule has 0 bridgehead atoms. The Kier molecular flexibility index (Phi) is 4.69. The van der Waals surface area contributed by atoms with Gasteiger partial charge in [0.25, 0.3) is 0 Å². The molecule has 0 saturated carbocycles. The molecule has 2 atom stereocenters. The second kappa shape index (κ2) is 4.91. The molecule has 2 N–H and O–H groups in total. The smallest absolute Gasteiger partial charge is 0.0828 e. The molecular formula is C8H17I2N3. The number of nitrogens with one attached hydrogen (secondary N) is 2. The summed E-state index contributed by atoms with van der Waals surface area (Å²) in [6.45, 7) is 8.09. The molecule has 0 aromatic heterocycles. The lowest BCUT2D eigenvalue weighted by atomic mass is 9.80. The lowest BCUT2D eigenvalue weighted by Crippen LogP contribution is -2.41. The highest BCUT2D eigenvalue weighted by Crippen LogP contribution is 2.35. The monoisotopic (exact) mass is 409 g/mol. The first-order valence-corrected chi connectivity index (χ1v) is 6.64. The predicted molar refractivity (Wildman–Crippen MR) is 72.4 cm³/mol. The zero-order chi connectivity index (χ0) is 10.1. The van der Waals surface area contributed by atoms with Gasteiger partial charge < -0.3 is 0 Å². The van der Waals surface area contributed by atoms with Crippen molar-refractivity contribution in [3.63, 3.8) is 0 Å². The number of rotatable bonds is 2. The summed E-state index contributed by atoms with van der Waals surface area (Å²) < 4.78 is 6.50. The van der Waals surface area contributed by atoms with Gasteiger partial charge in [-0.1, -0.05) is 20.8 Å². The number of hydrogen-bond acceptors (Lipinski definition) is 3. The van der Waals surface area contributed by atoms with Crippen LogP contribution in [-0.4, -0.2) is 17.7 Å². The highest BCUT2D eigenvalue weighted by molar-refractivity contribution is 14.1. The summed E-state index contributed by atoms with van der Waals surface area (Å²) in [6.07, 6.45) is 1.70. The Morgan fingerprint density at radius 3 is 2.23 bits per heavy atom. The maximum atomic E-state index is 3.30. The van der Waals surface area contributed by atoms with E-state index in [9.17, 15) is 0 Å². The van der Waals surface area contributed by atoms with Gasteiger partial charge in [-0.2, -0.15) is 3.64 Å². The summed E-state index contributed by atoms with van der Waals surface area (Å²) in [5.41, 5.74) is 0.411. The Balaban J connectivity index is 2.58. The molecule has 78 valence electrons. The summed E-state index contributed by atoms with van der Waals surface area (Å²) in [6, 6.07) is 0. The minimum Gasteiger partial charge on any atom is -0.243 e. The van der Waals surface area contributed by atoms with Gasteiger partial charge in [-0.25, -0.2) is 8.54 Å². The molecule has 1 aliphatic rings. The maximum absolute atomic E-state index is 3.30. The van der Waals surface area contributed by atoms with Crippen molar-refractivity contribution < 1.29 is 0 Å². The van der Waals surface area contributed by atoms with E-state index < -0.39 is 0 Å². The second-order valence-corrected chi connectivity index (χ2v) is 5.77. The van der Waals surface area contributed by atoms with Crippen molar-refractivity contribution in [3.8, 4) is 0 Å². The Morgan fingerprint density at radius 1 is 1.31 bits per heavy atom. The van der Waals surface area contributed by atoms with Crippen LogP contribution in [0.5, 0.6) is 0 Å². The molecule has 0 radical (unpaired) electrons. The molecule has 0 aromatic rings. The summed E-state index contributed by atoms with van der Waals surface area (Å²) in [4.78, 5) is 0. The maximum Gasteiger partial charge on any atom is 0.0828 e. The molecule has 1 fully saturated rings. The largest absolute Gasteiger partial charge is 0.243 e. The van der Waals surface area contributed by atoms with Crippen molar-refractivity contribution >= 4 is 45.7 Å². The molecule has 1 saturated heterocycles. The van der Waals surface area contributed by atoms with E-state index in [1.54, 1.807) is 0 Å². The average Bonchev–Trinajstić information content (AvgIpc) is 2.45. The molecule has 2 unspecified atom stereocenters. The quantitative estimate of drug-likeness (QED) is 0.543. The van der Waals surface area contributed by atoms with Gasteiger partial charge in [0.1, 0.15) is 0 Å². The Morgan fingerprint density at radius 2 is 1.92 bits per heavy atom. The van der Waals surface area contributed by atoms with Gasteiger partial charge in [0.2, 0.25) is 0 Å². The molecule has 1 rings (SSSR count). The van der Waals surface area contributed by atoms with E-state index in [1.807, 2.05) is 0 Å². The predicted octanol–water partition coefficient (Wildman–Crippen LogP) is 2.47. The molecule has 3 nitrogen and oxygen atoms in total. The number of hydrogen-bond donors (Lipinski definition) is 2. The van der Waals surface area contributed by atoms with E-state index in [4.69, 9.17) is 0 Å². The summed E-state index contributed by atoms with van der Waals surface area (Å²) >= 11 is 4.43. The van der Waals surface area contributed by atoms with Crippen molar-refractivity contribution in [1.82, 2.24) is 12.2 Å². The zero-order valence-corrected chi connectivity index (χ0v) is 12.6. The Labute approximate surface area is 108 Å². The summed E-state index contributed by atoms with van der Waals surface area (Å²) in [5.74, 6) is 0.766. The normalized spacial score (nSPS) is 31.2. The van der Waals surface area contributed by atoms with Crippen molar-refractivity contribution in [2.24, 2.45) is 11.3 Å². The van der Waals surface area contributed by atoms with Crippen LogP contribution in [0.25, 0.3) is 0 Å². The van der Waals surface area contributed by atoms with Crippen molar-refractivity contribution in [1.29, 1.82) is 0 Å². The first-order chi connectivity index (χ1) is 5.99. The molecule has 0 aromatic carbocycles. The van der Waals surface area contributed by atoms with E-state index >= 15 is 0 Å². The van der Waals surface area contributed by atoms with Gasteiger partial charge in [-0.05, 0) is 17.8 Å². The topological polar surface area (TPSA) is 27.3 Å². The van der Waals surface area contributed by atoms with Crippen molar-refractivity contribution in [3.05, 3.63) is 0 Å². The lowest BCUT2D eigenvalue weighted by molar-refractivity contribution is 0.209. The molecule has 0 spiro atoms. The van der Waals surface area contributed by atoms with E-state index in [1.165, 1.54) is 6.42 Å². The molecule has 0 aliphatic carbocycles. The fraction of sp³-hybridized carbons (Fsp3) is 1.00. The van der Waals surface area contributed by atoms with Crippen LogP contribution in [-0.2, 0) is 0 Å². The van der Waals surface area contributed by atoms with Crippen LogP contribution >= 0.6 is 45.7 Å². The standard InChI is InChI=1S/C8H17I2N3/c1-8(2,3)6-4-7(11-9)13(5-6)12-10/h6-7,11-12H,4-5H2,1-3H3. The van der Waals surface area contributed by atoms with Crippen molar-refractivity contribution in [2.75, 3.05) is 6.54 Å². The lowest BCUT2D eigenvalue weighted by Gasteiger charge is -2.26. The first kappa shape index (κ1) is 12.4. The van der Waals surface area contributed by atoms with Crippen LogP contribution in [0.4, 0.5) is 0 Å². The third-order valence-corrected chi connectivity index (χ3v) is 4.10. The summed E-state index contributed by atoms with van der Waals surface area (Å²) in [5, 5.41) is 2.27. The Bertz CT molecular complexity index is 157. The highest BCUT2D eigenvalue weighted by Gasteiger charge is 2.37. The van der Waals surface area contributed by atoms with Crippen LogP contribution in [0.1, 0.15) is 27.2 Å². The number of hydrazine groups is 1. The van der Waals surface area contributed by atoms with E-state index in [2.05, 4.69) is 78.7 Å². The summed E-state index contributed by atoms with van der Waals surface area (Å²) in [7, 11) is 0. The third kappa shape index (κ3) is 3.15. The van der Waals surface area contributed by atoms with Crippen LogP contribution in [0.15, 0.2) is 0 Å². The minimum absolute atomic E-state index is 0.411. The third-order valence-electron chi connectivity index (χ3n) is 2.76. The SMILES string of the molecule is CC(C)(C)C1CC(NI)N(NI)C1. The van der Waals surface area contributed by atoms with Gasteiger partial charge >= 0.3 is 0 Å².